The number of hydrogen-bond donors (Lipinski definition) is 0. The van der Waals surface area contributed by atoms with Gasteiger partial charge in [0.2, 0.25) is 0 Å². The molecule has 2 heterocycles. The number of piperidine rings is 1. The third-order valence-electron chi connectivity index (χ3n) is 5.74. The highest BCUT2D eigenvalue weighted by atomic mass is 32.1. The molecule has 2 aromatic rings. The van der Waals surface area contributed by atoms with E-state index in [4.69, 9.17) is 4.74 Å². The van der Waals surface area contributed by atoms with Crippen LogP contribution in [0.3, 0.4) is 0 Å². The minimum absolute atomic E-state index is 0.678. The first-order valence-corrected chi connectivity index (χ1v) is 11.9. The van der Waals surface area contributed by atoms with Crippen LogP contribution in [0.15, 0.2) is 30.5 Å². The Morgan fingerprint density at radius 2 is 1.93 bits per heavy atom. The van der Waals surface area contributed by atoms with Crippen molar-refractivity contribution in [2.45, 2.75) is 39.8 Å². The zero-order chi connectivity index (χ0) is 21.5. The number of nitrogens with zero attached hydrogens (tertiary/aromatic N) is 4. The molecular formula is C24H38N4OS. The molecule has 1 aromatic carbocycles. The average molecular weight is 431 g/mol. The van der Waals surface area contributed by atoms with Crippen molar-refractivity contribution >= 4 is 16.5 Å². The fraction of sp³-hybridized carbons (Fsp3) is 0.625. The van der Waals surface area contributed by atoms with Gasteiger partial charge in [-0.2, -0.15) is 0 Å². The van der Waals surface area contributed by atoms with E-state index in [2.05, 4.69) is 72.0 Å². The van der Waals surface area contributed by atoms with Crippen LogP contribution in [-0.4, -0.2) is 62.2 Å². The molecule has 6 heteroatoms. The molecular weight excluding hydrogens is 392 g/mol. The van der Waals surface area contributed by atoms with Crippen molar-refractivity contribution in [1.29, 1.82) is 0 Å². The largest absolute Gasteiger partial charge is 0.496 e. The summed E-state index contributed by atoms with van der Waals surface area (Å²) in [5.74, 6) is 2.46. The monoisotopic (exact) mass is 430 g/mol. The van der Waals surface area contributed by atoms with Gasteiger partial charge in [-0.15, -0.1) is 11.3 Å². The van der Waals surface area contributed by atoms with Gasteiger partial charge in [-0.25, -0.2) is 4.98 Å². The third kappa shape index (κ3) is 6.69. The van der Waals surface area contributed by atoms with Gasteiger partial charge in [0.25, 0.3) is 0 Å². The summed E-state index contributed by atoms with van der Waals surface area (Å²) in [5, 5.41) is 1.10. The molecule has 30 heavy (non-hydrogen) atoms. The van der Waals surface area contributed by atoms with Crippen molar-refractivity contribution < 1.29 is 4.74 Å². The number of ether oxygens (including phenoxy) is 1. The Bertz CT molecular complexity index is 768. The van der Waals surface area contributed by atoms with Crippen LogP contribution in [0, 0.1) is 11.8 Å². The van der Waals surface area contributed by atoms with E-state index in [9.17, 15) is 0 Å². The Hall–Kier alpha value is -1.63. The van der Waals surface area contributed by atoms with Gasteiger partial charge in [-0.1, -0.05) is 32.0 Å². The Morgan fingerprint density at radius 1 is 1.20 bits per heavy atom. The third-order valence-corrected chi connectivity index (χ3v) is 6.89. The lowest BCUT2D eigenvalue weighted by Gasteiger charge is -2.35. The number of aromatic nitrogens is 1. The minimum Gasteiger partial charge on any atom is -0.496 e. The highest BCUT2D eigenvalue weighted by Gasteiger charge is 2.23. The van der Waals surface area contributed by atoms with Crippen LogP contribution >= 0.6 is 11.3 Å². The minimum atomic E-state index is 0.678. The van der Waals surface area contributed by atoms with Crippen molar-refractivity contribution in [2.75, 3.05) is 52.3 Å². The molecule has 0 radical (unpaired) electrons. The molecule has 0 unspecified atom stereocenters. The molecule has 0 aliphatic carbocycles. The van der Waals surface area contributed by atoms with Crippen LogP contribution in [0.4, 0.5) is 5.13 Å². The molecule has 1 aromatic heterocycles. The van der Waals surface area contributed by atoms with Gasteiger partial charge in [0.1, 0.15) is 5.75 Å². The van der Waals surface area contributed by atoms with E-state index in [1.165, 1.54) is 42.9 Å². The maximum Gasteiger partial charge on any atom is 0.185 e. The Morgan fingerprint density at radius 3 is 2.57 bits per heavy atom. The summed E-state index contributed by atoms with van der Waals surface area (Å²) in [5.41, 5.74) is 1.29. The standard InChI is InChI=1S/C24H38N4OS/c1-19(2)15-28(18-22-14-25-24(30-22)26(3)4)16-20-10-12-27(13-11-20)17-21-8-6-7-9-23(21)29-5/h6-9,14,19-20H,10-13,15-18H2,1-5H3. The number of rotatable bonds is 10. The van der Waals surface area contributed by atoms with E-state index in [0.29, 0.717) is 5.92 Å². The van der Waals surface area contributed by atoms with Crippen molar-refractivity contribution in [3.63, 3.8) is 0 Å². The zero-order valence-corrected chi connectivity index (χ0v) is 20.1. The molecule has 0 atom stereocenters. The summed E-state index contributed by atoms with van der Waals surface area (Å²) in [6.45, 7) is 11.3. The van der Waals surface area contributed by atoms with Gasteiger partial charge in [-0.3, -0.25) is 9.80 Å². The van der Waals surface area contributed by atoms with Gasteiger partial charge in [-0.05, 0) is 43.8 Å². The first-order chi connectivity index (χ1) is 14.4. The van der Waals surface area contributed by atoms with E-state index < -0.39 is 0 Å². The summed E-state index contributed by atoms with van der Waals surface area (Å²) in [7, 11) is 5.89. The lowest BCUT2D eigenvalue weighted by molar-refractivity contribution is 0.128. The molecule has 1 aliphatic heterocycles. The molecule has 1 saturated heterocycles. The maximum atomic E-state index is 5.53. The number of benzene rings is 1. The summed E-state index contributed by atoms with van der Waals surface area (Å²) in [6.07, 6.45) is 4.61. The van der Waals surface area contributed by atoms with Gasteiger partial charge in [0, 0.05) is 56.9 Å². The summed E-state index contributed by atoms with van der Waals surface area (Å²) >= 11 is 1.82. The van der Waals surface area contributed by atoms with Crippen LogP contribution in [0.2, 0.25) is 0 Å². The van der Waals surface area contributed by atoms with Crippen molar-refractivity contribution in [1.82, 2.24) is 14.8 Å². The lowest BCUT2D eigenvalue weighted by Crippen LogP contribution is -2.39. The number of thiazole rings is 1. The number of anilines is 1. The van der Waals surface area contributed by atoms with Crippen LogP contribution < -0.4 is 9.64 Å². The summed E-state index contributed by atoms with van der Waals surface area (Å²) < 4.78 is 5.53. The van der Waals surface area contributed by atoms with Crippen LogP contribution in [0.25, 0.3) is 0 Å². The summed E-state index contributed by atoms with van der Waals surface area (Å²) in [6, 6.07) is 8.40. The Kier molecular flexibility index (Phi) is 8.54. The molecule has 166 valence electrons. The second-order valence-corrected chi connectivity index (χ2v) is 10.2. The molecule has 1 fully saturated rings. The first-order valence-electron chi connectivity index (χ1n) is 11.1. The van der Waals surface area contributed by atoms with Crippen molar-refractivity contribution in [3.8, 4) is 5.75 Å². The quantitative estimate of drug-likeness (QED) is 0.550. The highest BCUT2D eigenvalue weighted by molar-refractivity contribution is 7.15. The second-order valence-electron chi connectivity index (χ2n) is 9.12. The smallest absolute Gasteiger partial charge is 0.185 e. The van der Waals surface area contributed by atoms with Gasteiger partial charge < -0.3 is 9.64 Å². The molecule has 0 N–H and O–H groups in total. The number of methoxy groups -OCH3 is 1. The van der Waals surface area contributed by atoms with Crippen molar-refractivity contribution in [2.24, 2.45) is 11.8 Å². The topological polar surface area (TPSA) is 31.8 Å². The van der Waals surface area contributed by atoms with Crippen LogP contribution in [0.5, 0.6) is 5.75 Å². The van der Waals surface area contributed by atoms with E-state index in [1.54, 1.807) is 7.11 Å². The zero-order valence-electron chi connectivity index (χ0n) is 19.3. The SMILES string of the molecule is COc1ccccc1CN1CCC(CN(Cc2cnc(N(C)C)s2)CC(C)C)CC1. The second kappa shape index (κ2) is 11.1. The summed E-state index contributed by atoms with van der Waals surface area (Å²) in [4.78, 5) is 13.3. The van der Waals surface area contributed by atoms with Gasteiger partial charge in [0.05, 0.1) is 7.11 Å². The molecule has 3 rings (SSSR count). The Balaban J connectivity index is 1.52. The predicted octanol–water partition coefficient (Wildman–Crippen LogP) is 4.59. The van der Waals surface area contributed by atoms with Gasteiger partial charge in [0.15, 0.2) is 5.13 Å². The molecule has 0 bridgehead atoms. The molecule has 1 aliphatic rings. The molecule has 0 saturated carbocycles. The fourth-order valence-corrected chi connectivity index (χ4v) is 5.16. The predicted molar refractivity (Wildman–Crippen MR) is 128 cm³/mol. The maximum absolute atomic E-state index is 5.53. The first kappa shape index (κ1) is 23.0. The van der Waals surface area contributed by atoms with Crippen molar-refractivity contribution in [3.05, 3.63) is 40.9 Å². The van der Waals surface area contributed by atoms with E-state index >= 15 is 0 Å². The van der Waals surface area contributed by atoms with E-state index in [-0.39, 0.29) is 0 Å². The number of para-hydroxylation sites is 1. The van der Waals surface area contributed by atoms with Crippen LogP contribution in [0.1, 0.15) is 37.1 Å². The number of hydrogen-bond acceptors (Lipinski definition) is 6. The normalized spacial score (nSPS) is 15.8. The van der Waals surface area contributed by atoms with E-state index in [0.717, 1.165) is 36.4 Å². The number of likely N-dealkylation sites (tertiary alicyclic amines) is 1. The molecule has 0 amide bonds. The Labute approximate surface area is 186 Å². The lowest BCUT2D eigenvalue weighted by atomic mass is 9.95. The van der Waals surface area contributed by atoms with Gasteiger partial charge >= 0.3 is 0 Å². The van der Waals surface area contributed by atoms with Crippen LogP contribution in [-0.2, 0) is 13.1 Å². The molecule has 0 spiro atoms. The average Bonchev–Trinajstić information content (AvgIpc) is 3.18. The fourth-order valence-electron chi connectivity index (χ4n) is 4.28. The molecule has 5 nitrogen and oxygen atoms in total. The van der Waals surface area contributed by atoms with E-state index in [1.807, 2.05) is 17.4 Å². The highest BCUT2D eigenvalue weighted by Crippen LogP contribution is 2.26.